The average Bonchev–Trinajstić information content (AvgIpc) is 3.20. The van der Waals surface area contributed by atoms with Gasteiger partial charge in [0.1, 0.15) is 6.61 Å². The highest BCUT2D eigenvalue weighted by molar-refractivity contribution is 5.79. The number of hydrogen-bond acceptors (Lipinski definition) is 4. The summed E-state index contributed by atoms with van der Waals surface area (Å²) in [4.78, 5) is 15.2. The van der Waals surface area contributed by atoms with Gasteiger partial charge in [-0.1, -0.05) is 85.5 Å². The number of carbonyl (C=O) groups is 1. The van der Waals surface area contributed by atoms with E-state index in [1.54, 1.807) is 6.08 Å². The van der Waals surface area contributed by atoms with Gasteiger partial charge >= 0.3 is 6.09 Å². The molecule has 2 unspecified atom stereocenters. The molecule has 2 bridgehead atoms. The van der Waals surface area contributed by atoms with E-state index in [2.05, 4.69) is 30.8 Å². The molecule has 3 aromatic carbocycles. The monoisotopic (exact) mass is 467 g/mol. The molecule has 2 heterocycles. The maximum Gasteiger partial charge on any atom is 0.410 e. The summed E-state index contributed by atoms with van der Waals surface area (Å²) < 4.78 is 11.7. The molecule has 3 aliphatic rings. The van der Waals surface area contributed by atoms with E-state index >= 15 is 0 Å². The van der Waals surface area contributed by atoms with Gasteiger partial charge in [0.2, 0.25) is 0 Å². The molecule has 6 rings (SSSR count). The fourth-order valence-electron chi connectivity index (χ4n) is 6.11. The van der Waals surface area contributed by atoms with Crippen LogP contribution in [0.15, 0.2) is 79.4 Å². The Morgan fingerprint density at radius 1 is 0.971 bits per heavy atom. The number of nitrogens with zero attached hydrogens (tertiary/aromatic N) is 1. The summed E-state index contributed by atoms with van der Waals surface area (Å²) >= 11 is 0. The standard InChI is InChI=1S/C30H29NO4/c1-2-20-11-13-21(14-12-20)30(33)15-22-17-34-18-23(16-30)31(22)29(32)35-19-28-26-9-5-3-7-24(26)25-8-4-6-10-27(25)28/h2-14,22-23,28,33H,1,15-19H2. The summed E-state index contributed by atoms with van der Waals surface area (Å²) in [6.45, 7) is 4.88. The molecule has 35 heavy (non-hydrogen) atoms. The maximum atomic E-state index is 13.4. The minimum Gasteiger partial charge on any atom is -0.448 e. The van der Waals surface area contributed by atoms with Crippen molar-refractivity contribution in [2.75, 3.05) is 19.8 Å². The first-order valence-corrected chi connectivity index (χ1v) is 12.2. The van der Waals surface area contributed by atoms with Crippen LogP contribution in [-0.2, 0) is 15.1 Å². The normalized spacial score (nSPS) is 25.0. The molecule has 2 saturated heterocycles. The molecular formula is C30H29NO4. The van der Waals surface area contributed by atoms with Crippen molar-refractivity contribution in [3.8, 4) is 11.1 Å². The predicted molar refractivity (Wildman–Crippen MR) is 135 cm³/mol. The van der Waals surface area contributed by atoms with Crippen molar-refractivity contribution in [2.45, 2.75) is 36.4 Å². The Kier molecular flexibility index (Phi) is 5.47. The molecule has 2 aliphatic heterocycles. The number of carbonyl (C=O) groups excluding carboxylic acids is 1. The molecule has 1 N–H and O–H groups in total. The first-order valence-electron chi connectivity index (χ1n) is 12.2. The average molecular weight is 468 g/mol. The number of aliphatic hydroxyl groups is 1. The first kappa shape index (κ1) is 22.1. The van der Waals surface area contributed by atoms with E-state index in [0.29, 0.717) is 26.1 Å². The smallest absolute Gasteiger partial charge is 0.410 e. The van der Waals surface area contributed by atoms with E-state index in [0.717, 1.165) is 11.1 Å². The lowest BCUT2D eigenvalue weighted by molar-refractivity contribution is -0.136. The molecule has 0 saturated carbocycles. The molecule has 0 radical (unpaired) electrons. The summed E-state index contributed by atoms with van der Waals surface area (Å²) in [6.07, 6.45) is 2.30. The van der Waals surface area contributed by atoms with Crippen LogP contribution in [0.4, 0.5) is 4.79 Å². The van der Waals surface area contributed by atoms with Crippen molar-refractivity contribution in [1.29, 1.82) is 0 Å². The Labute approximate surface area is 205 Å². The summed E-state index contributed by atoms with van der Waals surface area (Å²) in [5.41, 5.74) is 5.69. The lowest BCUT2D eigenvalue weighted by Gasteiger charge is -2.51. The Balaban J connectivity index is 1.20. The van der Waals surface area contributed by atoms with Crippen LogP contribution in [0, 0.1) is 0 Å². The third kappa shape index (κ3) is 3.76. The van der Waals surface area contributed by atoms with Gasteiger partial charge in [0.15, 0.2) is 0 Å². The molecule has 1 aliphatic carbocycles. The number of amides is 1. The van der Waals surface area contributed by atoms with Crippen LogP contribution in [0.25, 0.3) is 17.2 Å². The van der Waals surface area contributed by atoms with Crippen molar-refractivity contribution in [3.63, 3.8) is 0 Å². The van der Waals surface area contributed by atoms with E-state index in [4.69, 9.17) is 9.47 Å². The number of fused-ring (bicyclic) bond motifs is 5. The fraction of sp³-hybridized carbons (Fsp3) is 0.300. The van der Waals surface area contributed by atoms with Gasteiger partial charge < -0.3 is 14.6 Å². The molecule has 2 atom stereocenters. The molecule has 178 valence electrons. The van der Waals surface area contributed by atoms with Gasteiger partial charge in [0, 0.05) is 18.8 Å². The Morgan fingerprint density at radius 2 is 1.54 bits per heavy atom. The van der Waals surface area contributed by atoms with Crippen molar-refractivity contribution >= 4 is 12.2 Å². The highest BCUT2D eigenvalue weighted by atomic mass is 16.6. The molecule has 0 aromatic heterocycles. The number of benzene rings is 3. The predicted octanol–water partition coefficient (Wildman–Crippen LogP) is 5.33. The largest absolute Gasteiger partial charge is 0.448 e. The van der Waals surface area contributed by atoms with Crippen molar-refractivity contribution in [3.05, 3.63) is 102 Å². The van der Waals surface area contributed by atoms with E-state index in [1.165, 1.54) is 22.3 Å². The van der Waals surface area contributed by atoms with Crippen LogP contribution < -0.4 is 0 Å². The number of piperidine rings is 1. The van der Waals surface area contributed by atoms with Crippen molar-refractivity contribution < 1.29 is 19.4 Å². The molecule has 2 fully saturated rings. The first-order chi connectivity index (χ1) is 17.1. The zero-order valence-electron chi connectivity index (χ0n) is 19.6. The lowest BCUT2D eigenvalue weighted by atomic mass is 9.77. The summed E-state index contributed by atoms with van der Waals surface area (Å²) in [6, 6.07) is 24.0. The lowest BCUT2D eigenvalue weighted by Crippen LogP contribution is -2.62. The number of morpholine rings is 1. The quantitative estimate of drug-likeness (QED) is 0.564. The van der Waals surface area contributed by atoms with Gasteiger partial charge in [0.05, 0.1) is 30.9 Å². The van der Waals surface area contributed by atoms with E-state index < -0.39 is 5.60 Å². The Bertz CT molecular complexity index is 1210. The fourth-order valence-corrected chi connectivity index (χ4v) is 6.11. The number of ether oxygens (including phenoxy) is 2. The van der Waals surface area contributed by atoms with Crippen LogP contribution in [0.1, 0.15) is 41.0 Å². The van der Waals surface area contributed by atoms with E-state index in [-0.39, 0.29) is 30.7 Å². The third-order valence-corrected chi connectivity index (χ3v) is 7.78. The second kappa shape index (κ2) is 8.67. The van der Waals surface area contributed by atoms with Gasteiger partial charge in [-0.2, -0.15) is 0 Å². The number of rotatable bonds is 4. The summed E-state index contributed by atoms with van der Waals surface area (Å²) in [7, 11) is 0. The maximum absolute atomic E-state index is 13.4. The second-order valence-electron chi connectivity index (χ2n) is 9.82. The number of hydrogen-bond donors (Lipinski definition) is 1. The molecule has 5 nitrogen and oxygen atoms in total. The highest BCUT2D eigenvalue weighted by Crippen LogP contribution is 2.45. The van der Waals surface area contributed by atoms with Gasteiger partial charge in [-0.05, 0) is 33.4 Å². The third-order valence-electron chi connectivity index (χ3n) is 7.78. The van der Waals surface area contributed by atoms with Crippen LogP contribution in [0.5, 0.6) is 0 Å². The summed E-state index contributed by atoms with van der Waals surface area (Å²) in [5, 5.41) is 11.6. The second-order valence-corrected chi connectivity index (χ2v) is 9.82. The van der Waals surface area contributed by atoms with E-state index in [9.17, 15) is 9.90 Å². The summed E-state index contributed by atoms with van der Waals surface area (Å²) in [5.74, 6) is 0.0209. The molecule has 1 amide bonds. The van der Waals surface area contributed by atoms with Crippen molar-refractivity contribution in [1.82, 2.24) is 4.90 Å². The van der Waals surface area contributed by atoms with Crippen LogP contribution in [0.3, 0.4) is 0 Å². The minimum atomic E-state index is -1.00. The van der Waals surface area contributed by atoms with Crippen molar-refractivity contribution in [2.24, 2.45) is 0 Å². The van der Waals surface area contributed by atoms with Gasteiger partial charge in [-0.25, -0.2) is 4.79 Å². The molecule has 3 aromatic rings. The van der Waals surface area contributed by atoms with Gasteiger partial charge in [0.25, 0.3) is 0 Å². The Morgan fingerprint density at radius 3 is 2.11 bits per heavy atom. The zero-order valence-corrected chi connectivity index (χ0v) is 19.6. The van der Waals surface area contributed by atoms with Gasteiger partial charge in [-0.15, -0.1) is 0 Å². The van der Waals surface area contributed by atoms with Crippen LogP contribution >= 0.6 is 0 Å². The topological polar surface area (TPSA) is 59.0 Å². The van der Waals surface area contributed by atoms with Crippen LogP contribution in [0.2, 0.25) is 0 Å². The van der Waals surface area contributed by atoms with Gasteiger partial charge in [-0.3, -0.25) is 4.90 Å². The molecule has 0 spiro atoms. The Hall–Kier alpha value is -3.41. The zero-order chi connectivity index (χ0) is 24.0. The minimum absolute atomic E-state index is 0.0209. The SMILES string of the molecule is C=Cc1ccc(C2(O)CC3COCC(C2)N3C(=O)OCC2c3ccccc3-c3ccccc32)cc1. The molecule has 5 heteroatoms. The highest BCUT2D eigenvalue weighted by Gasteiger charge is 2.49. The molecular weight excluding hydrogens is 438 g/mol. The van der Waals surface area contributed by atoms with E-state index in [1.807, 2.05) is 53.4 Å². The van der Waals surface area contributed by atoms with Crippen LogP contribution in [-0.4, -0.2) is 48.0 Å².